The quantitative estimate of drug-likeness (QED) is 0.448. The van der Waals surface area contributed by atoms with E-state index in [9.17, 15) is 9.59 Å². The number of esters is 2. The highest BCUT2D eigenvalue weighted by Gasteiger charge is 2.60. The number of hydrogen-bond acceptors (Lipinski definition) is 7. The van der Waals surface area contributed by atoms with Crippen molar-refractivity contribution >= 4 is 30.6 Å². The molecule has 2 fully saturated rings. The van der Waals surface area contributed by atoms with Crippen molar-refractivity contribution in [1.29, 1.82) is 0 Å². The van der Waals surface area contributed by atoms with E-state index in [0.29, 0.717) is 0 Å². The van der Waals surface area contributed by atoms with E-state index < -0.39 is 50.5 Å². The smallest absolute Gasteiger partial charge is 0.350 e. The molecule has 0 saturated carbocycles. The van der Waals surface area contributed by atoms with Gasteiger partial charge in [-0.15, -0.1) is 0 Å². The molecule has 0 aromatic heterocycles. The van der Waals surface area contributed by atoms with Crippen LogP contribution in [0.2, 0.25) is 5.04 Å². The Morgan fingerprint density at radius 1 is 1.00 bits per heavy atom. The summed E-state index contributed by atoms with van der Waals surface area (Å²) in [5, 5.41) is 1.74. The van der Waals surface area contributed by atoms with Crippen molar-refractivity contribution in [3.63, 3.8) is 0 Å². The molecule has 0 unspecified atom stereocenters. The lowest BCUT2D eigenvalue weighted by atomic mass is 10.1. The van der Waals surface area contributed by atoms with Crippen LogP contribution < -0.4 is 10.4 Å². The maximum atomic E-state index is 13.0. The summed E-state index contributed by atoms with van der Waals surface area (Å²) in [7, 11) is -3.09. The summed E-state index contributed by atoms with van der Waals surface area (Å²) in [6.07, 6.45) is -3.43. The van der Waals surface area contributed by atoms with Crippen molar-refractivity contribution in [3.05, 3.63) is 60.7 Å². The van der Waals surface area contributed by atoms with E-state index in [0.717, 1.165) is 10.4 Å². The normalized spacial score (nSPS) is 26.4. The van der Waals surface area contributed by atoms with Crippen molar-refractivity contribution in [3.8, 4) is 0 Å². The number of carbonyl (C=O) groups is 2. The molecule has 8 heteroatoms. The first-order valence-corrected chi connectivity index (χ1v) is 13.8. The highest BCUT2D eigenvalue weighted by molar-refractivity contribution is 6.99. The van der Waals surface area contributed by atoms with Crippen LogP contribution in [0.3, 0.4) is 0 Å². The van der Waals surface area contributed by atoms with Crippen LogP contribution in [-0.4, -0.2) is 57.1 Å². The second-order valence-electron chi connectivity index (χ2n) is 10.5. The van der Waals surface area contributed by atoms with Gasteiger partial charge in [0.25, 0.3) is 8.32 Å². The molecule has 2 heterocycles. The van der Waals surface area contributed by atoms with Gasteiger partial charge >= 0.3 is 11.9 Å². The van der Waals surface area contributed by atoms with Crippen LogP contribution in [0, 0.1) is 0 Å². The Morgan fingerprint density at radius 3 is 1.97 bits per heavy atom. The molecule has 0 N–H and O–H groups in total. The number of benzene rings is 2. The maximum absolute atomic E-state index is 13.0. The molecule has 0 bridgehead atoms. The Morgan fingerprint density at radius 2 is 1.54 bits per heavy atom. The first-order chi connectivity index (χ1) is 16.4. The molecule has 0 radical (unpaired) electrons. The van der Waals surface area contributed by atoms with Crippen molar-refractivity contribution in [2.45, 2.75) is 76.8 Å². The van der Waals surface area contributed by atoms with Gasteiger partial charge in [0.05, 0.1) is 6.61 Å². The Bertz CT molecular complexity index is 1010. The molecular weight excluding hydrogens is 464 g/mol. The van der Waals surface area contributed by atoms with E-state index in [1.54, 1.807) is 0 Å². The molecule has 0 amide bonds. The van der Waals surface area contributed by atoms with Gasteiger partial charge in [-0.2, -0.15) is 0 Å². The SMILES string of the molecule is CC(=O)O[C@@H]1C(=O)O[C@@H]([C@H]2COC(C)(C)O2)[C@@H]1O[Si](c1ccccc1)(c1ccccc1)C(C)(C)C. The zero-order chi connectivity index (χ0) is 25.4. The van der Waals surface area contributed by atoms with E-state index in [1.165, 1.54) is 6.92 Å². The van der Waals surface area contributed by atoms with Crippen molar-refractivity contribution in [2.24, 2.45) is 0 Å². The molecule has 0 spiro atoms. The predicted molar refractivity (Wildman–Crippen MR) is 133 cm³/mol. The summed E-state index contributed by atoms with van der Waals surface area (Å²) in [6, 6.07) is 20.2. The van der Waals surface area contributed by atoms with Crippen LogP contribution in [0.25, 0.3) is 0 Å². The van der Waals surface area contributed by atoms with Gasteiger partial charge in [-0.05, 0) is 29.3 Å². The Hall–Kier alpha value is -2.52. The van der Waals surface area contributed by atoms with Gasteiger partial charge < -0.3 is 23.4 Å². The fourth-order valence-electron chi connectivity index (χ4n) is 5.06. The second kappa shape index (κ2) is 9.50. The zero-order valence-corrected chi connectivity index (χ0v) is 22.1. The average molecular weight is 499 g/mol. The predicted octanol–water partition coefficient (Wildman–Crippen LogP) is 2.94. The van der Waals surface area contributed by atoms with E-state index in [1.807, 2.05) is 50.2 Å². The number of cyclic esters (lactones) is 1. The van der Waals surface area contributed by atoms with Gasteiger partial charge in [0, 0.05) is 6.92 Å². The summed E-state index contributed by atoms with van der Waals surface area (Å²) < 4.78 is 30.3. The Balaban J connectivity index is 1.86. The fourth-order valence-corrected chi connectivity index (χ4v) is 9.74. The summed E-state index contributed by atoms with van der Waals surface area (Å²) >= 11 is 0. The van der Waals surface area contributed by atoms with Crippen molar-refractivity contribution in [2.75, 3.05) is 6.61 Å². The molecule has 4 rings (SSSR count). The van der Waals surface area contributed by atoms with Gasteiger partial charge in [0.15, 0.2) is 11.9 Å². The molecule has 2 aliphatic rings. The molecule has 188 valence electrons. The van der Waals surface area contributed by atoms with E-state index in [-0.39, 0.29) is 11.6 Å². The second-order valence-corrected chi connectivity index (χ2v) is 14.8. The van der Waals surface area contributed by atoms with Crippen LogP contribution in [0.4, 0.5) is 0 Å². The van der Waals surface area contributed by atoms with E-state index in [4.69, 9.17) is 23.4 Å². The highest BCUT2D eigenvalue weighted by Crippen LogP contribution is 2.41. The van der Waals surface area contributed by atoms with Crippen LogP contribution in [0.1, 0.15) is 41.5 Å². The average Bonchev–Trinajstić information content (AvgIpc) is 3.30. The van der Waals surface area contributed by atoms with Crippen molar-refractivity contribution < 1.29 is 33.0 Å². The minimum Gasteiger partial charge on any atom is -0.454 e. The molecule has 35 heavy (non-hydrogen) atoms. The first kappa shape index (κ1) is 25.6. The third kappa shape index (κ3) is 4.93. The number of rotatable bonds is 6. The summed E-state index contributed by atoms with van der Waals surface area (Å²) in [6.45, 7) is 11.6. The third-order valence-corrected chi connectivity index (χ3v) is 11.6. The first-order valence-electron chi connectivity index (χ1n) is 11.9. The molecule has 2 aliphatic heterocycles. The van der Waals surface area contributed by atoms with Crippen LogP contribution in [0.5, 0.6) is 0 Å². The molecule has 2 aromatic carbocycles. The number of ether oxygens (including phenoxy) is 4. The van der Waals surface area contributed by atoms with Gasteiger partial charge in [-0.3, -0.25) is 4.79 Å². The largest absolute Gasteiger partial charge is 0.454 e. The number of carbonyl (C=O) groups excluding carboxylic acids is 2. The minimum atomic E-state index is -3.09. The molecule has 2 saturated heterocycles. The summed E-state index contributed by atoms with van der Waals surface area (Å²) in [4.78, 5) is 25.0. The number of hydrogen-bond donors (Lipinski definition) is 0. The van der Waals surface area contributed by atoms with Crippen LogP contribution in [-0.2, 0) is 33.0 Å². The molecule has 4 atom stereocenters. The molecule has 0 aliphatic carbocycles. The van der Waals surface area contributed by atoms with Gasteiger partial charge in [-0.1, -0.05) is 81.4 Å². The third-order valence-electron chi connectivity index (χ3n) is 6.53. The summed E-state index contributed by atoms with van der Waals surface area (Å²) in [5.74, 6) is -2.03. The van der Waals surface area contributed by atoms with Gasteiger partial charge in [0.2, 0.25) is 6.10 Å². The lowest BCUT2D eigenvalue weighted by molar-refractivity contribution is -0.166. The van der Waals surface area contributed by atoms with Gasteiger partial charge in [0.1, 0.15) is 12.2 Å². The zero-order valence-electron chi connectivity index (χ0n) is 21.1. The Kier molecular flexibility index (Phi) is 6.94. The molecule has 7 nitrogen and oxygen atoms in total. The highest BCUT2D eigenvalue weighted by atomic mass is 28.4. The monoisotopic (exact) mass is 498 g/mol. The Labute approximate surface area is 207 Å². The topological polar surface area (TPSA) is 80.3 Å². The maximum Gasteiger partial charge on any atom is 0.350 e. The van der Waals surface area contributed by atoms with Gasteiger partial charge in [-0.25, -0.2) is 4.79 Å². The van der Waals surface area contributed by atoms with Crippen molar-refractivity contribution in [1.82, 2.24) is 0 Å². The lowest BCUT2D eigenvalue weighted by Gasteiger charge is -2.45. The summed E-state index contributed by atoms with van der Waals surface area (Å²) in [5.41, 5.74) is 0. The lowest BCUT2D eigenvalue weighted by Crippen LogP contribution is -2.69. The fraction of sp³-hybridized carbons (Fsp3) is 0.481. The standard InChI is InChI=1S/C27H34O7Si/c1-18(28)31-24-23(22(32-25(24)29)21-17-30-27(5,6)33-21)34-35(26(2,3)4,19-13-9-7-10-14-19)20-15-11-8-12-16-20/h7-16,21-24H,17H2,1-6H3/t21-,22+,23+,24+/m1/s1. The molecular formula is C27H34O7Si. The minimum absolute atomic E-state index is 0.234. The van der Waals surface area contributed by atoms with E-state index in [2.05, 4.69) is 45.0 Å². The van der Waals surface area contributed by atoms with Crippen LogP contribution >= 0.6 is 0 Å². The molecule has 2 aromatic rings. The van der Waals surface area contributed by atoms with E-state index >= 15 is 0 Å². The van der Waals surface area contributed by atoms with Crippen LogP contribution in [0.15, 0.2) is 60.7 Å².